The fourth-order valence-electron chi connectivity index (χ4n) is 3.43. The quantitative estimate of drug-likeness (QED) is 0.636. The average Bonchev–Trinajstić information content (AvgIpc) is 3.12. The lowest BCUT2D eigenvalue weighted by molar-refractivity contribution is -0.0344. The molecule has 1 saturated heterocycles. The van der Waals surface area contributed by atoms with E-state index in [0.717, 1.165) is 34.9 Å². The first-order chi connectivity index (χ1) is 14.0. The Bertz CT molecular complexity index is 993. The Hall–Kier alpha value is -2.42. The van der Waals surface area contributed by atoms with E-state index < -0.39 is 0 Å². The monoisotopic (exact) mass is 413 g/mol. The highest BCUT2D eigenvalue weighted by Gasteiger charge is 2.27. The van der Waals surface area contributed by atoms with Crippen molar-refractivity contribution in [2.24, 2.45) is 0 Å². The van der Waals surface area contributed by atoms with E-state index in [1.807, 2.05) is 38.2 Å². The minimum absolute atomic E-state index is 0.210. The first-order valence-corrected chi connectivity index (χ1v) is 10.4. The van der Waals surface area contributed by atoms with Crippen molar-refractivity contribution in [2.45, 2.75) is 19.6 Å². The molecule has 0 aliphatic carbocycles. The molecule has 8 heteroatoms. The van der Waals surface area contributed by atoms with E-state index in [1.54, 1.807) is 23.6 Å². The van der Waals surface area contributed by atoms with Crippen LogP contribution < -0.4 is 4.90 Å². The number of nitrogens with zero attached hydrogens (tertiary/aromatic N) is 5. The molecule has 3 aromatic rings. The lowest BCUT2D eigenvalue weighted by atomic mass is 10.0. The maximum atomic E-state index is 13.8. The van der Waals surface area contributed by atoms with Crippen molar-refractivity contribution in [1.29, 1.82) is 0 Å². The number of thiazole rings is 1. The molecular formula is C21H24FN5OS. The number of halogens is 1. The van der Waals surface area contributed by atoms with Gasteiger partial charge in [-0.2, -0.15) is 0 Å². The Morgan fingerprint density at radius 1 is 1.28 bits per heavy atom. The van der Waals surface area contributed by atoms with Crippen LogP contribution in [-0.4, -0.2) is 53.6 Å². The number of ether oxygens (including phenoxy) is 1. The maximum Gasteiger partial charge on any atom is 0.225 e. The molecule has 0 unspecified atom stereocenters. The molecule has 1 aliphatic heterocycles. The number of anilines is 1. The van der Waals surface area contributed by atoms with Gasteiger partial charge in [0, 0.05) is 56.6 Å². The van der Waals surface area contributed by atoms with Gasteiger partial charge in [-0.25, -0.2) is 19.3 Å². The summed E-state index contributed by atoms with van der Waals surface area (Å²) in [5.41, 5.74) is 2.35. The van der Waals surface area contributed by atoms with Gasteiger partial charge in [0.2, 0.25) is 5.95 Å². The fraction of sp³-hybridized carbons (Fsp3) is 0.381. The first-order valence-electron chi connectivity index (χ1n) is 9.55. The largest absolute Gasteiger partial charge is 0.369 e. The zero-order valence-corrected chi connectivity index (χ0v) is 17.6. The van der Waals surface area contributed by atoms with Crippen molar-refractivity contribution < 1.29 is 9.13 Å². The Balaban J connectivity index is 1.65. The standard InChI is InChI=1S/C21H24FN5OS/c1-14-23-10-17(29-14)12-27-7-8-28-19(13-27)20-18(11-24-21(25-20)26(2)3)15-5-4-6-16(22)9-15/h4-6,9-11,19H,7-8,12-13H2,1-3H3/t19-/m0/s1. The van der Waals surface area contributed by atoms with Gasteiger partial charge < -0.3 is 9.64 Å². The molecule has 0 saturated carbocycles. The summed E-state index contributed by atoms with van der Waals surface area (Å²) in [5.74, 6) is 0.329. The Morgan fingerprint density at radius 3 is 2.86 bits per heavy atom. The van der Waals surface area contributed by atoms with Crippen LogP contribution in [0.3, 0.4) is 0 Å². The SMILES string of the molecule is Cc1ncc(CN2CCO[C@H](c3nc(N(C)C)ncc3-c3cccc(F)c3)C2)s1. The Kier molecular flexibility index (Phi) is 5.84. The third-order valence-electron chi connectivity index (χ3n) is 4.85. The van der Waals surface area contributed by atoms with Crippen molar-refractivity contribution in [1.82, 2.24) is 19.9 Å². The smallest absolute Gasteiger partial charge is 0.225 e. The molecule has 1 fully saturated rings. The van der Waals surface area contributed by atoms with Crippen LogP contribution in [0.5, 0.6) is 0 Å². The lowest BCUT2D eigenvalue weighted by Crippen LogP contribution is -2.38. The fourth-order valence-corrected chi connectivity index (χ4v) is 4.27. The molecule has 0 spiro atoms. The summed E-state index contributed by atoms with van der Waals surface area (Å²) in [6, 6.07) is 6.53. The Labute approximate surface area is 174 Å². The second kappa shape index (κ2) is 8.52. The van der Waals surface area contributed by atoms with Crippen molar-refractivity contribution >= 4 is 17.3 Å². The van der Waals surface area contributed by atoms with Crippen LogP contribution in [0.4, 0.5) is 10.3 Å². The minimum atomic E-state index is -0.281. The van der Waals surface area contributed by atoms with Gasteiger partial charge in [-0.1, -0.05) is 12.1 Å². The van der Waals surface area contributed by atoms with E-state index in [1.165, 1.54) is 17.0 Å². The molecule has 3 heterocycles. The molecule has 0 bridgehead atoms. The average molecular weight is 414 g/mol. The molecule has 152 valence electrons. The molecule has 1 aliphatic rings. The van der Waals surface area contributed by atoms with E-state index in [2.05, 4.69) is 14.9 Å². The lowest BCUT2D eigenvalue weighted by Gasteiger charge is -2.33. The van der Waals surface area contributed by atoms with Crippen molar-refractivity contribution in [3.8, 4) is 11.1 Å². The number of hydrogen-bond acceptors (Lipinski definition) is 7. The highest BCUT2D eigenvalue weighted by molar-refractivity contribution is 7.11. The number of morpholine rings is 1. The van der Waals surface area contributed by atoms with E-state index >= 15 is 0 Å². The van der Waals surface area contributed by atoms with Crippen molar-refractivity contribution in [3.05, 3.63) is 58.1 Å². The molecule has 1 atom stereocenters. The molecule has 0 N–H and O–H groups in total. The summed E-state index contributed by atoms with van der Waals surface area (Å²) in [7, 11) is 3.81. The number of benzene rings is 1. The summed E-state index contributed by atoms with van der Waals surface area (Å²) >= 11 is 1.72. The summed E-state index contributed by atoms with van der Waals surface area (Å²) in [5, 5.41) is 1.07. The van der Waals surface area contributed by atoms with Gasteiger partial charge in [0.15, 0.2) is 0 Å². The van der Waals surface area contributed by atoms with E-state index in [4.69, 9.17) is 9.72 Å². The van der Waals surface area contributed by atoms with Gasteiger partial charge in [-0.05, 0) is 24.6 Å². The second-order valence-electron chi connectivity index (χ2n) is 7.31. The summed E-state index contributed by atoms with van der Waals surface area (Å²) in [4.78, 5) is 19.0. The van der Waals surface area contributed by atoms with E-state index in [0.29, 0.717) is 19.1 Å². The van der Waals surface area contributed by atoms with Gasteiger partial charge in [-0.3, -0.25) is 4.90 Å². The third kappa shape index (κ3) is 4.60. The van der Waals surface area contributed by atoms with Crippen LogP contribution in [0.15, 0.2) is 36.7 Å². The van der Waals surface area contributed by atoms with Crippen LogP contribution in [0.25, 0.3) is 11.1 Å². The highest BCUT2D eigenvalue weighted by atomic mass is 32.1. The van der Waals surface area contributed by atoms with Gasteiger partial charge in [0.25, 0.3) is 0 Å². The molecule has 1 aromatic carbocycles. The van der Waals surface area contributed by atoms with Gasteiger partial charge in [0.1, 0.15) is 11.9 Å². The normalized spacial score (nSPS) is 17.4. The molecule has 4 rings (SSSR count). The molecule has 29 heavy (non-hydrogen) atoms. The number of hydrogen-bond donors (Lipinski definition) is 0. The molecule has 6 nitrogen and oxygen atoms in total. The van der Waals surface area contributed by atoms with E-state index in [9.17, 15) is 4.39 Å². The highest BCUT2D eigenvalue weighted by Crippen LogP contribution is 2.32. The van der Waals surface area contributed by atoms with E-state index in [-0.39, 0.29) is 11.9 Å². The van der Waals surface area contributed by atoms with Gasteiger partial charge in [-0.15, -0.1) is 11.3 Å². The number of rotatable bonds is 5. The Morgan fingerprint density at radius 2 is 2.14 bits per heavy atom. The maximum absolute atomic E-state index is 13.8. The van der Waals surface area contributed by atoms with Crippen LogP contribution in [0.1, 0.15) is 21.7 Å². The van der Waals surface area contributed by atoms with Crippen LogP contribution in [0, 0.1) is 12.7 Å². The van der Waals surface area contributed by atoms with Gasteiger partial charge in [0.05, 0.1) is 17.3 Å². The summed E-state index contributed by atoms with van der Waals surface area (Å²) in [6.07, 6.45) is 3.50. The molecule has 2 aromatic heterocycles. The topological polar surface area (TPSA) is 54.4 Å². The predicted octanol–water partition coefficient (Wildman–Crippen LogP) is 3.69. The third-order valence-corrected chi connectivity index (χ3v) is 5.74. The van der Waals surface area contributed by atoms with Gasteiger partial charge >= 0.3 is 0 Å². The summed E-state index contributed by atoms with van der Waals surface area (Å²) < 4.78 is 20.0. The zero-order valence-electron chi connectivity index (χ0n) is 16.8. The summed E-state index contributed by atoms with van der Waals surface area (Å²) in [6.45, 7) is 5.04. The number of aryl methyl sites for hydroxylation is 1. The molecule has 0 amide bonds. The van der Waals surface area contributed by atoms with Crippen molar-refractivity contribution in [2.75, 3.05) is 38.7 Å². The predicted molar refractivity (Wildman–Crippen MR) is 113 cm³/mol. The van der Waals surface area contributed by atoms with Crippen LogP contribution in [0.2, 0.25) is 0 Å². The molecular weight excluding hydrogens is 389 g/mol. The minimum Gasteiger partial charge on any atom is -0.369 e. The number of aromatic nitrogens is 3. The van der Waals surface area contributed by atoms with Crippen LogP contribution in [-0.2, 0) is 11.3 Å². The van der Waals surface area contributed by atoms with Crippen LogP contribution >= 0.6 is 11.3 Å². The zero-order chi connectivity index (χ0) is 20.4. The van der Waals surface area contributed by atoms with Crippen molar-refractivity contribution in [3.63, 3.8) is 0 Å². The first kappa shape index (κ1) is 19.9. The second-order valence-corrected chi connectivity index (χ2v) is 8.63. The molecule has 0 radical (unpaired) electrons.